The number of aryl methyl sites for hydroxylation is 2. The number of nitrogens with two attached hydrogens (primary N) is 1. The highest BCUT2D eigenvalue weighted by atomic mass is 35.6. The first-order valence-corrected chi connectivity index (χ1v) is 31.0. The number of carbonyl (C=O) groups is 1. The summed E-state index contributed by atoms with van der Waals surface area (Å²) in [6.07, 6.45) is 5.02. The van der Waals surface area contributed by atoms with E-state index in [0.717, 1.165) is 66.9 Å². The van der Waals surface area contributed by atoms with Crippen LogP contribution in [0.3, 0.4) is 0 Å². The summed E-state index contributed by atoms with van der Waals surface area (Å²) in [5.74, 6) is 6.54. The van der Waals surface area contributed by atoms with Gasteiger partial charge in [-0.2, -0.15) is 10.5 Å². The maximum atomic E-state index is 13.0. The van der Waals surface area contributed by atoms with Gasteiger partial charge < -0.3 is 72.6 Å². The van der Waals surface area contributed by atoms with E-state index in [0.29, 0.717) is 90.6 Å². The van der Waals surface area contributed by atoms with Crippen molar-refractivity contribution < 1.29 is 66.4 Å². The number of piperazine rings is 2. The van der Waals surface area contributed by atoms with Crippen LogP contribution in [0.25, 0.3) is 0 Å². The predicted octanol–water partition coefficient (Wildman–Crippen LogP) is 8.77. The number of fused-ring (bicyclic) bond motifs is 18. The van der Waals surface area contributed by atoms with Gasteiger partial charge in [-0.1, -0.05) is 72.2 Å². The molecule has 8 aliphatic rings. The van der Waals surface area contributed by atoms with Gasteiger partial charge in [0.15, 0.2) is 59.6 Å². The van der Waals surface area contributed by atoms with Gasteiger partial charge in [-0.05, 0) is 89.7 Å². The van der Waals surface area contributed by atoms with Gasteiger partial charge in [0.05, 0.1) is 50.5 Å². The van der Waals surface area contributed by atoms with Crippen LogP contribution in [0.4, 0.5) is 4.79 Å². The van der Waals surface area contributed by atoms with Crippen molar-refractivity contribution in [1.82, 2.24) is 24.9 Å². The fraction of sp³-hybridized carbons (Fsp3) is 0.523. The average Bonchev–Trinajstić information content (AvgIpc) is 0.863. The van der Waals surface area contributed by atoms with E-state index >= 15 is 0 Å². The van der Waals surface area contributed by atoms with Crippen molar-refractivity contribution in [3.63, 3.8) is 0 Å². The zero-order valence-electron chi connectivity index (χ0n) is 52.3. The van der Waals surface area contributed by atoms with E-state index in [1.165, 1.54) is 5.56 Å². The van der Waals surface area contributed by atoms with Crippen molar-refractivity contribution in [1.29, 1.82) is 10.5 Å². The zero-order valence-corrected chi connectivity index (χ0v) is 54.6. The van der Waals surface area contributed by atoms with Gasteiger partial charge in [-0.15, -0.1) is 0 Å². The van der Waals surface area contributed by atoms with E-state index in [4.69, 9.17) is 102 Å². The van der Waals surface area contributed by atoms with E-state index in [-0.39, 0.29) is 82.6 Å². The predicted molar refractivity (Wildman–Crippen MR) is 334 cm³/mol. The number of hydrogen-bond acceptors (Lipinski definition) is 21. The monoisotopic (exact) mass is 1300 g/mol. The second kappa shape index (κ2) is 26.4. The number of rotatable bonds is 18. The minimum absolute atomic E-state index is 0.0186. The number of methoxy groups -OCH3 is 4. The summed E-state index contributed by atoms with van der Waals surface area (Å²) in [7, 11) is 10.6. The molecule has 2 unspecified atom stereocenters. The molecule has 22 nitrogen and oxygen atoms in total. The third-order valence-electron chi connectivity index (χ3n) is 18.9. The van der Waals surface area contributed by atoms with E-state index in [2.05, 4.69) is 69.4 Å². The third kappa shape index (κ3) is 11.0. The van der Waals surface area contributed by atoms with E-state index < -0.39 is 34.6 Å². The highest BCUT2D eigenvalue weighted by molar-refractivity contribution is 6.67. The number of likely N-dealkylation sites (N-methyl/N-ethyl adjacent to an activating group) is 2. The Kier molecular flexibility index (Phi) is 19.0. The number of nitrogens with zero attached hydrogens (tertiary/aromatic N) is 6. The van der Waals surface area contributed by atoms with Crippen molar-refractivity contribution in [3.05, 3.63) is 104 Å². The minimum atomic E-state index is -1.78. The molecule has 0 saturated carbocycles. The molecule has 1 amide bonds. The Labute approximate surface area is 539 Å². The summed E-state index contributed by atoms with van der Waals surface area (Å²) < 4.78 is 75.2. The lowest BCUT2D eigenvalue weighted by molar-refractivity contribution is -0.0731. The van der Waals surface area contributed by atoms with Gasteiger partial charge in [-0.25, -0.2) is 4.79 Å². The summed E-state index contributed by atoms with van der Waals surface area (Å²) in [6, 6.07) is 6.77. The summed E-state index contributed by atoms with van der Waals surface area (Å²) in [5.41, 5.74) is 18.1. The number of halogens is 3. The van der Waals surface area contributed by atoms with Gasteiger partial charge >= 0.3 is 6.09 Å². The summed E-state index contributed by atoms with van der Waals surface area (Å²) >= 11 is 17.5. The summed E-state index contributed by atoms with van der Waals surface area (Å²) in [4.78, 5) is 22.1. The van der Waals surface area contributed by atoms with Gasteiger partial charge in [0.25, 0.3) is 0 Å². The fourth-order valence-electron chi connectivity index (χ4n) is 15.6. The number of benzene rings is 4. The van der Waals surface area contributed by atoms with E-state index in [1.54, 1.807) is 40.6 Å². The zero-order chi connectivity index (χ0) is 64.2. The van der Waals surface area contributed by atoms with Crippen LogP contribution >= 0.6 is 34.8 Å². The first-order valence-electron chi connectivity index (χ1n) is 29.8. The van der Waals surface area contributed by atoms with Crippen molar-refractivity contribution in [3.8, 4) is 69.6 Å². The first-order chi connectivity index (χ1) is 43.4. The number of amides is 1. The molecule has 2 fully saturated rings. The number of nitriles is 2. The number of carbonyl (C=O) groups excluding carboxylic acids is 1. The largest absolute Gasteiger partial charge is 0.493 e. The third-order valence-corrected chi connectivity index (χ3v) is 19.2. The lowest BCUT2D eigenvalue weighted by atomic mass is 9.71. The Morgan fingerprint density at radius 2 is 1.08 bits per heavy atom. The van der Waals surface area contributed by atoms with E-state index in [9.17, 15) is 15.3 Å². The quantitative estimate of drug-likeness (QED) is 0.0538. The molecule has 4 bridgehead atoms. The van der Waals surface area contributed by atoms with Crippen molar-refractivity contribution in [2.45, 2.75) is 118 Å². The van der Waals surface area contributed by atoms with Gasteiger partial charge in [0, 0.05) is 96.0 Å². The van der Waals surface area contributed by atoms with Crippen LogP contribution in [0.15, 0.2) is 37.4 Å². The molecule has 8 aliphatic heterocycles. The standard InChI is InChI=1S/C34H39Cl3N4O8.C31H38N4O6/c1-7-8-45-29-18(3)30-32(49-16-48-30)26-20(29)11-22-27-25-19(9-17(2)28(44-6)31(25)47-15-43-5)10-21(40(27)4)23(12-38)41(22)24(26)13-39-33(42)46-14-34(35,36)37;1-7-8-38-28-17(3)29-31(41-15-40-29)25-19(28)11-21-26-24-18(9-16(2)27(37-6)30(24)39-14-36-5)10-20(34(26)4)22(12-32)35(21)23(25)13-33/h7,9,21-24,27H,1,8,10-11,13-16H2,2-6H3,(H,39,42);7,9,20-23,26H,1,8,10-11,13-15,33H2,2-6H3/t21-,22?,23-,24-,27-;20-,21?,22-,23-,26-/m00/s1. The molecule has 3 N–H and O–H groups in total. The Hall–Kier alpha value is -6.80. The minimum Gasteiger partial charge on any atom is -0.493 e. The molecule has 10 atom stereocenters. The molecule has 2 saturated heterocycles. The SMILES string of the molecule is C=CCOc1c(C)c2c(c3c1CC1[C@H]4c5c(cc(C)c(OC)c5OCOC)C[C@@H]([C@H](C#N)N1[C@H]3CN)N4C)OCO2.C=CCOc1c(C)c2c(c3c1CC1[C@H]4c5c(cc(C)c(OC)c5OCOC)C[C@@H]([C@H](C#N)N1[C@H]3CNC(=O)OCC(Cl)(Cl)Cl)N4C)OCO2. The molecule has 4 aromatic carbocycles. The second-order valence-corrected chi connectivity index (χ2v) is 26.1. The van der Waals surface area contributed by atoms with Gasteiger partial charge in [0.1, 0.15) is 43.4 Å². The Morgan fingerprint density at radius 3 is 1.48 bits per heavy atom. The van der Waals surface area contributed by atoms with Crippen molar-refractivity contribution in [2.75, 3.05) is 103 Å². The maximum absolute atomic E-state index is 13.0. The molecule has 0 spiro atoms. The topological polar surface area (TPSA) is 236 Å². The molecular weight excluding hydrogens is 1220 g/mol. The van der Waals surface area contributed by atoms with Crippen LogP contribution in [0.5, 0.6) is 57.5 Å². The van der Waals surface area contributed by atoms with Crippen LogP contribution in [0.1, 0.15) is 90.9 Å². The first kappa shape index (κ1) is 64.7. The van der Waals surface area contributed by atoms with Crippen LogP contribution in [0.2, 0.25) is 0 Å². The number of nitrogens with one attached hydrogen (secondary N) is 1. The van der Waals surface area contributed by atoms with Gasteiger partial charge in [-0.3, -0.25) is 19.6 Å². The molecule has 0 aromatic heterocycles. The average molecular weight is 1300 g/mol. The fourth-order valence-corrected chi connectivity index (χ4v) is 15.8. The number of ether oxygens (including phenoxy) is 13. The van der Waals surface area contributed by atoms with Crippen molar-refractivity contribution >= 4 is 40.9 Å². The normalized spacial score (nSPS) is 24.8. The number of hydrogen-bond donors (Lipinski definition) is 2. The van der Waals surface area contributed by atoms with Crippen LogP contribution < -0.4 is 58.4 Å². The Balaban J connectivity index is 0.000000188. The smallest absolute Gasteiger partial charge is 0.407 e. The highest BCUT2D eigenvalue weighted by Crippen LogP contribution is 2.61. The molecule has 0 radical (unpaired) electrons. The van der Waals surface area contributed by atoms with Gasteiger partial charge in [0.2, 0.25) is 17.4 Å². The molecule has 25 heteroatoms. The lowest BCUT2D eigenvalue weighted by Gasteiger charge is -2.60. The van der Waals surface area contributed by atoms with Crippen LogP contribution in [-0.4, -0.2) is 168 Å². The Morgan fingerprint density at radius 1 is 0.644 bits per heavy atom. The second-order valence-electron chi connectivity index (χ2n) is 23.6. The molecule has 0 aliphatic carbocycles. The van der Waals surface area contributed by atoms with Crippen LogP contribution in [0, 0.1) is 50.4 Å². The molecule has 90 heavy (non-hydrogen) atoms. The number of alkyl carbamates (subject to hydrolysis) is 1. The van der Waals surface area contributed by atoms with E-state index in [1.807, 2.05) is 34.7 Å². The molecule has 4 aromatic rings. The molecule has 12 rings (SSSR count). The summed E-state index contributed by atoms with van der Waals surface area (Å²) in [5, 5.41) is 24.4. The molecular formula is C65H77Cl3N8O14. The Bertz CT molecular complexity index is 3560. The maximum Gasteiger partial charge on any atom is 0.407 e. The van der Waals surface area contributed by atoms with Crippen molar-refractivity contribution in [2.24, 2.45) is 5.73 Å². The van der Waals surface area contributed by atoms with Crippen LogP contribution in [-0.2, 0) is 39.9 Å². The lowest BCUT2D eigenvalue weighted by Crippen LogP contribution is -2.68. The molecule has 8 heterocycles. The summed E-state index contributed by atoms with van der Waals surface area (Å²) in [6.45, 7) is 16.4. The number of alkyl halides is 3. The molecule has 482 valence electrons. The highest BCUT2D eigenvalue weighted by Gasteiger charge is 2.59.